The third-order valence-corrected chi connectivity index (χ3v) is 4.15. The normalized spacial score (nSPS) is 19.9. The maximum absolute atomic E-state index is 12.2. The van der Waals surface area contributed by atoms with Crippen molar-refractivity contribution in [3.63, 3.8) is 0 Å². The number of likely N-dealkylation sites (tertiary alicyclic amines) is 1. The second kappa shape index (κ2) is 7.09. The number of hydrogen-bond acceptors (Lipinski definition) is 3. The Morgan fingerprint density at radius 2 is 2.30 bits per heavy atom. The molecule has 2 unspecified atom stereocenters. The molecule has 1 N–H and O–H groups in total. The van der Waals surface area contributed by atoms with Crippen LogP contribution in [0.5, 0.6) is 5.75 Å². The SMILES string of the molecule is CC(O)CC1CCCN1C(=O)COc1ccccc1Br. The highest BCUT2D eigenvalue weighted by Gasteiger charge is 2.29. The molecule has 4 nitrogen and oxygen atoms in total. The molecule has 1 aliphatic rings. The lowest BCUT2D eigenvalue weighted by molar-refractivity contribution is -0.134. The highest BCUT2D eigenvalue weighted by Crippen LogP contribution is 2.25. The molecular weight excluding hydrogens is 322 g/mol. The van der Waals surface area contributed by atoms with Crippen LogP contribution in [0, 0.1) is 0 Å². The van der Waals surface area contributed by atoms with Crippen LogP contribution >= 0.6 is 15.9 Å². The second-order valence-electron chi connectivity index (χ2n) is 5.19. The molecular formula is C15H20BrNO3. The molecule has 1 saturated heterocycles. The summed E-state index contributed by atoms with van der Waals surface area (Å²) in [6.45, 7) is 2.56. The van der Waals surface area contributed by atoms with Gasteiger partial charge in [-0.3, -0.25) is 4.79 Å². The van der Waals surface area contributed by atoms with Gasteiger partial charge in [0.15, 0.2) is 6.61 Å². The van der Waals surface area contributed by atoms with E-state index in [4.69, 9.17) is 4.74 Å². The molecule has 1 amide bonds. The fourth-order valence-corrected chi connectivity index (χ4v) is 2.99. The number of halogens is 1. The van der Waals surface area contributed by atoms with Gasteiger partial charge in [-0.1, -0.05) is 12.1 Å². The van der Waals surface area contributed by atoms with Crippen molar-refractivity contribution in [2.75, 3.05) is 13.2 Å². The summed E-state index contributed by atoms with van der Waals surface area (Å²) in [7, 11) is 0. The van der Waals surface area contributed by atoms with Crippen LogP contribution in [0.1, 0.15) is 26.2 Å². The first kappa shape index (κ1) is 15.3. The van der Waals surface area contributed by atoms with Gasteiger partial charge in [-0.05, 0) is 54.2 Å². The maximum atomic E-state index is 12.2. The fourth-order valence-electron chi connectivity index (χ4n) is 2.59. The van der Waals surface area contributed by atoms with Gasteiger partial charge < -0.3 is 14.7 Å². The molecule has 1 aromatic carbocycles. The Hall–Kier alpha value is -1.07. The summed E-state index contributed by atoms with van der Waals surface area (Å²) in [5.41, 5.74) is 0. The monoisotopic (exact) mass is 341 g/mol. The van der Waals surface area contributed by atoms with E-state index in [0.29, 0.717) is 12.2 Å². The van der Waals surface area contributed by atoms with E-state index in [1.165, 1.54) is 0 Å². The Bertz CT molecular complexity index is 464. The van der Waals surface area contributed by atoms with Crippen LogP contribution in [0.2, 0.25) is 0 Å². The van der Waals surface area contributed by atoms with Gasteiger partial charge in [0.25, 0.3) is 5.91 Å². The van der Waals surface area contributed by atoms with Gasteiger partial charge in [-0.15, -0.1) is 0 Å². The molecule has 0 aliphatic carbocycles. The summed E-state index contributed by atoms with van der Waals surface area (Å²) in [4.78, 5) is 14.1. The standard InChI is InChI=1S/C15H20BrNO3/c1-11(18)9-12-5-4-8-17(12)15(19)10-20-14-7-3-2-6-13(14)16/h2-3,6-7,11-12,18H,4-5,8-10H2,1H3. The van der Waals surface area contributed by atoms with Crippen molar-refractivity contribution in [3.05, 3.63) is 28.7 Å². The van der Waals surface area contributed by atoms with Gasteiger partial charge in [0.2, 0.25) is 0 Å². The lowest BCUT2D eigenvalue weighted by Gasteiger charge is -2.25. The maximum Gasteiger partial charge on any atom is 0.260 e. The van der Waals surface area contributed by atoms with Gasteiger partial charge in [-0.25, -0.2) is 0 Å². The number of rotatable bonds is 5. The van der Waals surface area contributed by atoms with Crippen LogP contribution in [0.3, 0.4) is 0 Å². The number of ether oxygens (including phenoxy) is 1. The topological polar surface area (TPSA) is 49.8 Å². The molecule has 2 atom stereocenters. The highest BCUT2D eigenvalue weighted by molar-refractivity contribution is 9.10. The quantitative estimate of drug-likeness (QED) is 0.895. The number of carbonyl (C=O) groups excluding carboxylic acids is 1. The van der Waals surface area contributed by atoms with Gasteiger partial charge in [-0.2, -0.15) is 0 Å². The van der Waals surface area contributed by atoms with Crippen LogP contribution in [0.25, 0.3) is 0 Å². The minimum absolute atomic E-state index is 0.0103. The zero-order valence-corrected chi connectivity index (χ0v) is 13.2. The average Bonchev–Trinajstić information content (AvgIpc) is 2.85. The zero-order valence-electron chi connectivity index (χ0n) is 11.6. The first-order valence-electron chi connectivity index (χ1n) is 6.93. The minimum Gasteiger partial charge on any atom is -0.483 e. The lowest BCUT2D eigenvalue weighted by atomic mass is 10.1. The van der Waals surface area contributed by atoms with Crippen molar-refractivity contribution in [3.8, 4) is 5.75 Å². The molecule has 0 aromatic heterocycles. The third-order valence-electron chi connectivity index (χ3n) is 3.50. The number of benzene rings is 1. The predicted molar refractivity (Wildman–Crippen MR) is 80.7 cm³/mol. The number of aliphatic hydroxyl groups is 1. The van der Waals surface area contributed by atoms with Gasteiger partial charge >= 0.3 is 0 Å². The van der Waals surface area contributed by atoms with E-state index in [2.05, 4.69) is 15.9 Å². The third kappa shape index (κ3) is 3.96. The summed E-state index contributed by atoms with van der Waals surface area (Å²) in [6, 6.07) is 7.63. The molecule has 5 heteroatoms. The summed E-state index contributed by atoms with van der Waals surface area (Å²) in [6.07, 6.45) is 2.22. The molecule has 0 bridgehead atoms. The Labute approximate surface area is 127 Å². The molecule has 0 radical (unpaired) electrons. The Morgan fingerprint density at radius 1 is 1.55 bits per heavy atom. The van der Waals surface area contributed by atoms with E-state index in [1.54, 1.807) is 6.92 Å². The molecule has 0 spiro atoms. The van der Waals surface area contributed by atoms with Crippen LogP contribution in [0.4, 0.5) is 0 Å². The molecule has 1 aliphatic heterocycles. The average molecular weight is 342 g/mol. The lowest BCUT2D eigenvalue weighted by Crippen LogP contribution is -2.40. The Kier molecular flexibility index (Phi) is 5.43. The summed E-state index contributed by atoms with van der Waals surface area (Å²) >= 11 is 3.39. The number of carbonyl (C=O) groups is 1. The minimum atomic E-state index is -0.377. The van der Waals surface area contributed by atoms with Gasteiger partial charge in [0.1, 0.15) is 5.75 Å². The van der Waals surface area contributed by atoms with Crippen molar-refractivity contribution in [1.29, 1.82) is 0 Å². The molecule has 1 heterocycles. The van der Waals surface area contributed by atoms with E-state index in [9.17, 15) is 9.90 Å². The number of amides is 1. The van der Waals surface area contributed by atoms with Crippen LogP contribution in [-0.2, 0) is 4.79 Å². The van der Waals surface area contributed by atoms with Crippen molar-refractivity contribution >= 4 is 21.8 Å². The zero-order chi connectivity index (χ0) is 14.5. The highest BCUT2D eigenvalue weighted by atomic mass is 79.9. The number of nitrogens with zero attached hydrogens (tertiary/aromatic N) is 1. The van der Waals surface area contributed by atoms with Gasteiger partial charge in [0.05, 0.1) is 10.6 Å². The fraction of sp³-hybridized carbons (Fsp3) is 0.533. The molecule has 110 valence electrons. The van der Waals surface area contributed by atoms with Crippen molar-refractivity contribution < 1.29 is 14.6 Å². The van der Waals surface area contributed by atoms with Crippen LogP contribution < -0.4 is 4.74 Å². The van der Waals surface area contributed by atoms with Crippen molar-refractivity contribution in [2.45, 2.75) is 38.3 Å². The molecule has 1 fully saturated rings. The van der Waals surface area contributed by atoms with E-state index in [1.807, 2.05) is 29.2 Å². The number of para-hydroxylation sites is 1. The second-order valence-corrected chi connectivity index (χ2v) is 6.04. The molecule has 0 saturated carbocycles. The van der Waals surface area contributed by atoms with Crippen LogP contribution in [0.15, 0.2) is 28.7 Å². The van der Waals surface area contributed by atoms with E-state index in [0.717, 1.165) is 23.9 Å². The predicted octanol–water partition coefficient (Wildman–Crippen LogP) is 2.59. The first-order valence-corrected chi connectivity index (χ1v) is 7.72. The molecule has 1 aromatic rings. The van der Waals surface area contributed by atoms with E-state index < -0.39 is 0 Å². The Morgan fingerprint density at radius 3 is 3.00 bits per heavy atom. The number of aliphatic hydroxyl groups excluding tert-OH is 1. The number of hydrogen-bond donors (Lipinski definition) is 1. The van der Waals surface area contributed by atoms with E-state index >= 15 is 0 Å². The van der Waals surface area contributed by atoms with E-state index in [-0.39, 0.29) is 24.7 Å². The van der Waals surface area contributed by atoms with Crippen molar-refractivity contribution in [2.24, 2.45) is 0 Å². The largest absolute Gasteiger partial charge is 0.483 e. The summed E-state index contributed by atoms with van der Waals surface area (Å²) in [5, 5.41) is 9.48. The van der Waals surface area contributed by atoms with Gasteiger partial charge in [0, 0.05) is 12.6 Å². The summed E-state index contributed by atoms with van der Waals surface area (Å²) < 4.78 is 6.41. The first-order chi connectivity index (χ1) is 9.58. The van der Waals surface area contributed by atoms with Crippen molar-refractivity contribution in [1.82, 2.24) is 4.90 Å². The Balaban J connectivity index is 1.90. The van der Waals surface area contributed by atoms with Crippen LogP contribution in [-0.4, -0.2) is 41.2 Å². The summed E-state index contributed by atoms with van der Waals surface area (Å²) in [5.74, 6) is 0.663. The molecule has 20 heavy (non-hydrogen) atoms. The molecule has 2 rings (SSSR count). The smallest absolute Gasteiger partial charge is 0.260 e.